The van der Waals surface area contributed by atoms with E-state index in [-0.39, 0.29) is 50.5 Å². The molecule has 0 saturated carbocycles. The van der Waals surface area contributed by atoms with Crippen LogP contribution in [-0.2, 0) is 58.7 Å². The number of hydrogen-bond acceptors (Lipinski definition) is 19. The highest BCUT2D eigenvalue weighted by molar-refractivity contribution is 7.48. The van der Waals surface area contributed by atoms with Gasteiger partial charge < -0.3 is 54.1 Å². The maximum atomic E-state index is 13.3. The summed E-state index contributed by atoms with van der Waals surface area (Å²) in [4.78, 5) is 23.6. The van der Waals surface area contributed by atoms with Crippen molar-refractivity contribution in [2.75, 3.05) is 70.1 Å². The molecule has 0 aliphatic heterocycles. The monoisotopic (exact) mass is 1230 g/mol. The Labute approximate surface area is 503 Å². The first-order valence-corrected chi connectivity index (χ1v) is 31.1. The molecule has 1 amide bonds. The summed E-state index contributed by atoms with van der Waals surface area (Å²) in [6.45, 7) is 21.2. The molecule has 0 bridgehead atoms. The molecular weight excluding hydrogens is 1140 g/mol. The first-order chi connectivity index (χ1) is 39.6. The highest BCUT2D eigenvalue weighted by Crippen LogP contribution is 2.57. The van der Waals surface area contributed by atoms with Gasteiger partial charge in [-0.1, -0.05) is 12.1 Å². The highest BCUT2D eigenvalue weighted by atomic mass is 31.2. The minimum absolute atomic E-state index is 0.00966. The number of methoxy groups -OCH3 is 8. The van der Waals surface area contributed by atoms with Crippen LogP contribution in [0, 0.1) is 0 Å². The zero-order valence-electron chi connectivity index (χ0n) is 53.6. The van der Waals surface area contributed by atoms with Crippen LogP contribution in [0.25, 0.3) is 22.3 Å². The number of carbonyl (C=O) groups is 2. The lowest BCUT2D eigenvalue weighted by Gasteiger charge is -2.30. The second-order valence-corrected chi connectivity index (χ2v) is 27.1. The summed E-state index contributed by atoms with van der Waals surface area (Å²) >= 11 is 0. The Hall–Kier alpha value is -5.60. The first-order valence-electron chi connectivity index (χ1n) is 28.2. The van der Waals surface area contributed by atoms with Gasteiger partial charge >= 0.3 is 21.6 Å². The van der Waals surface area contributed by atoms with Crippen LogP contribution in [0.15, 0.2) is 48.5 Å². The van der Waals surface area contributed by atoms with E-state index in [1.54, 1.807) is 140 Å². The zero-order valence-corrected chi connectivity index (χ0v) is 55.4. The molecular formula is C62H94N2O19P2. The molecule has 0 saturated heterocycles. The topological polar surface area (TPSA) is 256 Å². The number of carboxylic acid groups (broad SMARTS) is 1. The third kappa shape index (κ3) is 21.4. The molecule has 0 unspecified atom stereocenters. The maximum Gasteiger partial charge on any atom is 0.475 e. The van der Waals surface area contributed by atoms with E-state index in [1.165, 1.54) is 0 Å². The molecule has 0 radical (unpaired) electrons. The number of nitrogens with one attached hydrogen (secondary N) is 1. The van der Waals surface area contributed by atoms with Gasteiger partial charge in [-0.25, -0.2) is 9.13 Å². The Morgan fingerprint density at radius 2 is 0.894 bits per heavy atom. The Bertz CT molecular complexity index is 2940. The van der Waals surface area contributed by atoms with Crippen molar-refractivity contribution in [3.63, 3.8) is 0 Å². The molecule has 0 spiro atoms. The Morgan fingerprint density at radius 1 is 0.518 bits per heavy atom. The fourth-order valence-corrected chi connectivity index (χ4v) is 13.1. The van der Waals surface area contributed by atoms with Crippen LogP contribution in [0.2, 0.25) is 0 Å². The van der Waals surface area contributed by atoms with Crippen molar-refractivity contribution in [1.29, 1.82) is 0 Å². The molecule has 6 rings (SSSR count). The third-order valence-corrected chi connectivity index (χ3v) is 16.6. The number of carboxylic acids is 1. The van der Waals surface area contributed by atoms with E-state index in [4.69, 9.17) is 75.9 Å². The molecule has 2 aliphatic carbocycles. The van der Waals surface area contributed by atoms with E-state index in [0.29, 0.717) is 59.5 Å². The number of hydrogen-bond donors (Lipinski definition) is 3. The quantitative estimate of drug-likeness (QED) is 0.0461. The SMILES string of the molecule is CC(C)(C)OP(=O)(OCCCC(=O)O)OC(C)(C)C.COc1ccc2c(c1)[C@@H](N)CCc1cc(OC)c(OC)c(OC)c1-2.COc1ccc2c(c1)[C@@H](NC(=O)CCCOP(=O)(OC(C)(C)C)OC(C)(C)C)CCc1cc(OC)c(OC)c(OC)c1-2. The van der Waals surface area contributed by atoms with Crippen molar-refractivity contribution in [3.8, 4) is 68.2 Å². The number of amides is 1. The first kappa shape index (κ1) is 71.9. The number of nitrogens with two attached hydrogens (primary N) is 1. The number of ether oxygens (including phenoxy) is 8. The molecule has 85 heavy (non-hydrogen) atoms. The van der Waals surface area contributed by atoms with Crippen LogP contribution in [0.5, 0.6) is 46.0 Å². The molecule has 476 valence electrons. The number of phosphoric ester groups is 2. The molecule has 0 heterocycles. The van der Waals surface area contributed by atoms with Gasteiger partial charge in [-0.3, -0.25) is 36.7 Å². The molecule has 4 N–H and O–H groups in total. The number of rotatable bonds is 23. The number of carbonyl (C=O) groups excluding carboxylic acids is 1. The lowest BCUT2D eigenvalue weighted by atomic mass is 9.93. The van der Waals surface area contributed by atoms with Crippen LogP contribution in [0.4, 0.5) is 0 Å². The molecule has 0 aromatic heterocycles. The van der Waals surface area contributed by atoms with E-state index in [1.807, 2.05) is 48.5 Å². The minimum Gasteiger partial charge on any atom is -0.497 e. The summed E-state index contributed by atoms with van der Waals surface area (Å²) in [7, 11) is 5.37. The van der Waals surface area contributed by atoms with Crippen LogP contribution in [-0.4, -0.2) is 109 Å². The molecule has 4 aromatic rings. The standard InChI is InChI=1S/C31H46NO9P.C19H23NO4.C12H25O6P/c1-30(2,3)40-42(34,41-31(4,5)6)39-17-11-12-26(33)32-24-16-13-20-18-25(36-8)28(37-9)29(38-10)27(20)22-15-14-21(35-7)19-23(22)24;1-21-12-6-7-13-14(10-12)15(20)8-5-11-9-16(22-2)18(23-3)19(24-4)17(11)13;1-11(2,3)17-19(15,18-12(4,5)6)16-9-7-8-10(13)14/h14-15,18-19,24H,11-13,16-17H2,1-10H3,(H,32,33);6-7,9-10,15H,5,8,20H2,1-4H3;7-9H2,1-6H3,(H,13,14)/t24-;15-;/m00./s1. The average molecular weight is 1230 g/mol. The number of benzene rings is 4. The van der Waals surface area contributed by atoms with Gasteiger partial charge in [0, 0.05) is 30.0 Å². The fraction of sp³-hybridized carbons (Fsp3) is 0.581. The van der Waals surface area contributed by atoms with E-state index < -0.39 is 44.0 Å². The minimum atomic E-state index is -3.85. The second kappa shape index (κ2) is 30.8. The van der Waals surface area contributed by atoms with Crippen LogP contribution < -0.4 is 48.9 Å². The van der Waals surface area contributed by atoms with Crippen molar-refractivity contribution in [2.45, 2.75) is 169 Å². The van der Waals surface area contributed by atoms with Crippen LogP contribution in [0.3, 0.4) is 0 Å². The smallest absolute Gasteiger partial charge is 0.475 e. The van der Waals surface area contributed by atoms with E-state index in [9.17, 15) is 18.7 Å². The predicted octanol–water partition coefficient (Wildman–Crippen LogP) is 14.0. The average Bonchev–Trinajstić information content (AvgIpc) is 1.94. The fourth-order valence-electron chi connectivity index (χ4n) is 9.42. The van der Waals surface area contributed by atoms with Crippen LogP contribution in [0.1, 0.15) is 156 Å². The molecule has 4 aromatic carbocycles. The maximum absolute atomic E-state index is 13.3. The molecule has 2 aliphatic rings. The molecule has 23 heteroatoms. The normalized spacial score (nSPS) is 15.0. The van der Waals surface area contributed by atoms with Gasteiger partial charge in [-0.15, -0.1) is 0 Å². The molecule has 21 nitrogen and oxygen atoms in total. The van der Waals surface area contributed by atoms with Gasteiger partial charge in [0.25, 0.3) is 0 Å². The largest absolute Gasteiger partial charge is 0.497 e. The van der Waals surface area contributed by atoms with Gasteiger partial charge in [-0.2, -0.15) is 0 Å². The van der Waals surface area contributed by atoms with Crippen molar-refractivity contribution in [2.24, 2.45) is 5.73 Å². The highest BCUT2D eigenvalue weighted by Gasteiger charge is 2.39. The Morgan fingerprint density at radius 3 is 1.26 bits per heavy atom. The summed E-state index contributed by atoms with van der Waals surface area (Å²) in [6, 6.07) is 15.4. The van der Waals surface area contributed by atoms with Gasteiger partial charge in [0.2, 0.25) is 17.4 Å². The van der Waals surface area contributed by atoms with Crippen molar-refractivity contribution >= 4 is 27.5 Å². The zero-order chi connectivity index (χ0) is 63.9. The molecule has 0 fully saturated rings. The van der Waals surface area contributed by atoms with E-state index >= 15 is 0 Å². The van der Waals surface area contributed by atoms with Gasteiger partial charge in [0.15, 0.2) is 23.0 Å². The Kier molecular flexibility index (Phi) is 26.1. The summed E-state index contributed by atoms with van der Waals surface area (Å²) in [5.41, 5.74) is 11.6. The van der Waals surface area contributed by atoms with Gasteiger partial charge in [0.1, 0.15) is 11.5 Å². The van der Waals surface area contributed by atoms with Gasteiger partial charge in [-0.05, 0) is 191 Å². The summed E-state index contributed by atoms with van der Waals surface area (Å²) < 4.78 is 103. The Balaban J connectivity index is 0.000000303. The van der Waals surface area contributed by atoms with Crippen molar-refractivity contribution < 1.29 is 88.9 Å². The number of fused-ring (bicyclic) bond motifs is 6. The summed E-state index contributed by atoms with van der Waals surface area (Å²) in [5.74, 6) is 3.98. The lowest BCUT2D eigenvalue weighted by Crippen LogP contribution is -2.29. The van der Waals surface area contributed by atoms with E-state index in [2.05, 4.69) is 5.32 Å². The van der Waals surface area contributed by atoms with E-state index in [0.717, 1.165) is 63.1 Å². The number of aliphatic carboxylic acids is 1. The number of aryl methyl sites for hydroxylation is 2. The van der Waals surface area contributed by atoms with Gasteiger partial charge in [0.05, 0.1) is 98.5 Å². The summed E-state index contributed by atoms with van der Waals surface area (Å²) in [6.07, 6.45) is 3.67. The summed E-state index contributed by atoms with van der Waals surface area (Å²) in [5, 5.41) is 11.7. The van der Waals surface area contributed by atoms with Crippen molar-refractivity contribution in [3.05, 3.63) is 70.8 Å². The van der Waals surface area contributed by atoms with Crippen LogP contribution >= 0.6 is 15.6 Å². The molecule has 2 atom stereocenters. The van der Waals surface area contributed by atoms with Crippen molar-refractivity contribution in [1.82, 2.24) is 5.32 Å². The lowest BCUT2D eigenvalue weighted by molar-refractivity contribution is -0.137. The third-order valence-electron chi connectivity index (χ3n) is 12.5. The number of phosphoric acid groups is 2. The second-order valence-electron chi connectivity index (χ2n) is 24.0. The predicted molar refractivity (Wildman–Crippen MR) is 327 cm³/mol.